The Balaban J connectivity index is 2.77. The standard InChI is InChI=1S/C9H7IOS2/c1-11-7-2-5-6(10)4-13-9(5)3-8(7)12/h2-4,12H,1H3. The molecule has 1 nitrogen and oxygen atoms in total. The highest BCUT2D eigenvalue weighted by Gasteiger charge is 2.06. The van der Waals surface area contributed by atoms with Gasteiger partial charge in [-0.05, 0) is 34.7 Å². The zero-order valence-electron chi connectivity index (χ0n) is 6.87. The first kappa shape index (κ1) is 9.61. The molecule has 0 aliphatic carbocycles. The lowest BCUT2D eigenvalue weighted by atomic mass is 10.2. The molecule has 2 rings (SSSR count). The van der Waals surface area contributed by atoms with Crippen LogP contribution in [0.4, 0.5) is 0 Å². The maximum absolute atomic E-state index is 5.20. The molecule has 0 spiro atoms. The van der Waals surface area contributed by atoms with Crippen molar-refractivity contribution in [2.75, 3.05) is 7.11 Å². The molecule has 13 heavy (non-hydrogen) atoms. The third-order valence-corrected chi connectivity index (χ3v) is 4.44. The highest BCUT2D eigenvalue weighted by atomic mass is 127. The maximum Gasteiger partial charge on any atom is 0.132 e. The summed E-state index contributed by atoms with van der Waals surface area (Å²) in [5.41, 5.74) is 0. The van der Waals surface area contributed by atoms with Crippen molar-refractivity contribution in [3.8, 4) is 5.75 Å². The molecule has 0 N–H and O–H groups in total. The minimum absolute atomic E-state index is 0.840. The lowest BCUT2D eigenvalue weighted by Crippen LogP contribution is -1.83. The van der Waals surface area contributed by atoms with E-state index in [1.54, 1.807) is 18.4 Å². The Morgan fingerprint density at radius 3 is 2.92 bits per heavy atom. The van der Waals surface area contributed by atoms with Crippen LogP contribution >= 0.6 is 46.6 Å². The van der Waals surface area contributed by atoms with Crippen LogP contribution in [-0.2, 0) is 0 Å². The summed E-state index contributed by atoms with van der Waals surface area (Å²) in [5, 5.41) is 3.39. The molecule has 0 radical (unpaired) electrons. The van der Waals surface area contributed by atoms with Crippen molar-refractivity contribution >= 4 is 56.6 Å². The zero-order chi connectivity index (χ0) is 9.42. The van der Waals surface area contributed by atoms with Crippen LogP contribution in [0.1, 0.15) is 0 Å². The Kier molecular flexibility index (Phi) is 2.71. The van der Waals surface area contributed by atoms with Gasteiger partial charge in [-0.25, -0.2) is 0 Å². The molecule has 0 amide bonds. The number of ether oxygens (including phenoxy) is 1. The van der Waals surface area contributed by atoms with Crippen LogP contribution in [0, 0.1) is 3.57 Å². The number of methoxy groups -OCH3 is 1. The lowest BCUT2D eigenvalue weighted by Gasteiger charge is -2.03. The van der Waals surface area contributed by atoms with Gasteiger partial charge in [0, 0.05) is 23.9 Å². The Bertz CT molecular complexity index is 450. The number of rotatable bonds is 1. The van der Waals surface area contributed by atoms with Crippen LogP contribution in [0.2, 0.25) is 0 Å². The summed E-state index contributed by atoms with van der Waals surface area (Å²) in [6.45, 7) is 0. The summed E-state index contributed by atoms with van der Waals surface area (Å²) in [6, 6.07) is 4.08. The first-order valence-corrected chi connectivity index (χ1v) is 6.06. The van der Waals surface area contributed by atoms with Crippen molar-refractivity contribution in [3.05, 3.63) is 21.1 Å². The molecule has 0 saturated carbocycles. The molecule has 2 aromatic rings. The molecule has 0 saturated heterocycles. The number of benzene rings is 1. The Morgan fingerprint density at radius 1 is 1.46 bits per heavy atom. The fourth-order valence-electron chi connectivity index (χ4n) is 1.18. The minimum Gasteiger partial charge on any atom is -0.496 e. The van der Waals surface area contributed by atoms with Crippen molar-refractivity contribution in [1.82, 2.24) is 0 Å². The molecule has 0 unspecified atom stereocenters. The van der Waals surface area contributed by atoms with Gasteiger partial charge in [-0.15, -0.1) is 24.0 Å². The Labute approximate surface area is 99.6 Å². The fourth-order valence-corrected chi connectivity index (χ4v) is 3.40. The number of hydrogen-bond donors (Lipinski definition) is 1. The molecular weight excluding hydrogens is 315 g/mol. The van der Waals surface area contributed by atoms with Crippen molar-refractivity contribution in [2.24, 2.45) is 0 Å². The van der Waals surface area contributed by atoms with Gasteiger partial charge >= 0.3 is 0 Å². The number of fused-ring (bicyclic) bond motifs is 1. The maximum atomic E-state index is 5.20. The van der Waals surface area contributed by atoms with E-state index < -0.39 is 0 Å². The molecule has 0 aliphatic heterocycles. The van der Waals surface area contributed by atoms with E-state index in [4.69, 9.17) is 4.74 Å². The van der Waals surface area contributed by atoms with E-state index in [0.717, 1.165) is 10.6 Å². The van der Waals surface area contributed by atoms with Gasteiger partial charge < -0.3 is 4.74 Å². The molecular formula is C9H7IOS2. The van der Waals surface area contributed by atoms with E-state index in [9.17, 15) is 0 Å². The van der Waals surface area contributed by atoms with Gasteiger partial charge in [0.2, 0.25) is 0 Å². The molecule has 1 aromatic heterocycles. The van der Waals surface area contributed by atoms with Crippen LogP contribution < -0.4 is 4.74 Å². The van der Waals surface area contributed by atoms with Crippen LogP contribution in [0.15, 0.2) is 22.4 Å². The quantitative estimate of drug-likeness (QED) is 0.621. The zero-order valence-corrected chi connectivity index (χ0v) is 10.7. The summed E-state index contributed by atoms with van der Waals surface area (Å²) in [6.07, 6.45) is 0. The molecule has 4 heteroatoms. The predicted octanol–water partition coefficient (Wildman–Crippen LogP) is 3.80. The van der Waals surface area contributed by atoms with Crippen LogP contribution in [0.5, 0.6) is 5.75 Å². The van der Waals surface area contributed by atoms with E-state index in [0.29, 0.717) is 0 Å². The van der Waals surface area contributed by atoms with Crippen LogP contribution in [0.3, 0.4) is 0 Å². The van der Waals surface area contributed by atoms with Gasteiger partial charge in [0.1, 0.15) is 5.75 Å². The summed E-state index contributed by atoms with van der Waals surface area (Å²) in [4.78, 5) is 0.897. The highest BCUT2D eigenvalue weighted by molar-refractivity contribution is 14.1. The largest absolute Gasteiger partial charge is 0.496 e. The highest BCUT2D eigenvalue weighted by Crippen LogP contribution is 2.34. The SMILES string of the molecule is COc1cc2c(I)csc2cc1S. The first-order valence-electron chi connectivity index (χ1n) is 3.66. The number of hydrogen-bond acceptors (Lipinski definition) is 3. The van der Waals surface area contributed by atoms with Gasteiger partial charge in [-0.2, -0.15) is 0 Å². The van der Waals surface area contributed by atoms with Gasteiger partial charge in [0.05, 0.1) is 7.11 Å². The van der Waals surface area contributed by atoms with E-state index in [-0.39, 0.29) is 0 Å². The second-order valence-corrected chi connectivity index (χ2v) is 5.16. The minimum atomic E-state index is 0.840. The number of halogens is 1. The van der Waals surface area contributed by atoms with E-state index in [2.05, 4.69) is 40.6 Å². The second-order valence-electron chi connectivity index (χ2n) is 2.60. The fraction of sp³-hybridized carbons (Fsp3) is 0.111. The smallest absolute Gasteiger partial charge is 0.132 e. The summed E-state index contributed by atoms with van der Waals surface area (Å²) >= 11 is 8.41. The van der Waals surface area contributed by atoms with Crippen molar-refractivity contribution in [2.45, 2.75) is 4.90 Å². The van der Waals surface area contributed by atoms with Gasteiger partial charge in [0.15, 0.2) is 0 Å². The monoisotopic (exact) mass is 322 g/mol. The lowest BCUT2D eigenvalue weighted by molar-refractivity contribution is 0.406. The molecule has 68 valence electrons. The molecule has 0 bridgehead atoms. The topological polar surface area (TPSA) is 9.23 Å². The molecule has 1 aromatic carbocycles. The molecule has 0 aliphatic rings. The van der Waals surface area contributed by atoms with Crippen molar-refractivity contribution in [1.29, 1.82) is 0 Å². The number of thiol groups is 1. The van der Waals surface area contributed by atoms with E-state index in [1.165, 1.54) is 13.7 Å². The third-order valence-electron chi connectivity index (χ3n) is 1.83. The summed E-state index contributed by atoms with van der Waals surface area (Å²) in [7, 11) is 1.67. The predicted molar refractivity (Wildman–Crippen MR) is 68.3 cm³/mol. The molecule has 1 heterocycles. The van der Waals surface area contributed by atoms with Crippen LogP contribution in [-0.4, -0.2) is 7.11 Å². The molecule has 0 fully saturated rings. The van der Waals surface area contributed by atoms with Crippen molar-refractivity contribution < 1.29 is 4.74 Å². The third kappa shape index (κ3) is 1.67. The summed E-state index contributed by atoms with van der Waals surface area (Å²) in [5.74, 6) is 0.840. The normalized spacial score (nSPS) is 10.7. The van der Waals surface area contributed by atoms with E-state index in [1.807, 2.05) is 12.1 Å². The Morgan fingerprint density at radius 2 is 2.23 bits per heavy atom. The van der Waals surface area contributed by atoms with Gasteiger partial charge in [-0.1, -0.05) is 0 Å². The Hall–Kier alpha value is 0.0600. The van der Waals surface area contributed by atoms with Gasteiger partial charge in [-0.3, -0.25) is 0 Å². The first-order chi connectivity index (χ1) is 6.22. The average molecular weight is 322 g/mol. The number of thiophene rings is 1. The summed E-state index contributed by atoms with van der Waals surface area (Å²) < 4.78 is 7.73. The molecule has 0 atom stereocenters. The van der Waals surface area contributed by atoms with Crippen LogP contribution in [0.25, 0.3) is 10.1 Å². The van der Waals surface area contributed by atoms with Crippen molar-refractivity contribution in [3.63, 3.8) is 0 Å². The van der Waals surface area contributed by atoms with E-state index >= 15 is 0 Å². The second kappa shape index (κ2) is 3.67. The van der Waals surface area contributed by atoms with Gasteiger partial charge in [0.25, 0.3) is 0 Å². The average Bonchev–Trinajstić information content (AvgIpc) is 2.46.